The third kappa shape index (κ3) is 5.00. The van der Waals surface area contributed by atoms with Crippen molar-refractivity contribution in [2.75, 3.05) is 0 Å². The molecule has 0 spiro atoms. The Kier molecular flexibility index (Phi) is 5.32. The van der Waals surface area contributed by atoms with Crippen LogP contribution in [0.3, 0.4) is 0 Å². The lowest BCUT2D eigenvalue weighted by atomic mass is 9.77. The van der Waals surface area contributed by atoms with Gasteiger partial charge in [0, 0.05) is 6.42 Å². The van der Waals surface area contributed by atoms with Crippen LogP contribution in [0.5, 0.6) is 0 Å². The second-order valence-corrected chi connectivity index (χ2v) is 6.71. The Morgan fingerprint density at radius 3 is 1.59 bits per heavy atom. The van der Waals surface area contributed by atoms with Gasteiger partial charge in [-0.2, -0.15) is 0 Å². The highest BCUT2D eigenvalue weighted by Crippen LogP contribution is 2.32. The monoisotopic (exact) mass is 292 g/mol. The van der Waals surface area contributed by atoms with Crippen LogP contribution in [0.15, 0.2) is 72.3 Å². The van der Waals surface area contributed by atoms with Crippen LogP contribution in [-0.4, -0.2) is 5.78 Å². The van der Waals surface area contributed by atoms with Crippen molar-refractivity contribution in [3.63, 3.8) is 0 Å². The molecule has 1 nitrogen and oxygen atoms in total. The van der Waals surface area contributed by atoms with Crippen LogP contribution < -0.4 is 0 Å². The number of benzene rings is 2. The normalized spacial score (nSPS) is 16.3. The van der Waals surface area contributed by atoms with E-state index in [0.29, 0.717) is 6.42 Å². The Balaban J connectivity index is 0.000000164. The van der Waals surface area contributed by atoms with Crippen molar-refractivity contribution >= 4 is 5.78 Å². The van der Waals surface area contributed by atoms with E-state index in [9.17, 15) is 4.79 Å². The molecule has 2 aromatic carbocycles. The van der Waals surface area contributed by atoms with Gasteiger partial charge in [-0.3, -0.25) is 4.79 Å². The highest BCUT2D eigenvalue weighted by atomic mass is 16.1. The van der Waals surface area contributed by atoms with E-state index in [0.717, 1.165) is 6.42 Å². The van der Waals surface area contributed by atoms with E-state index in [-0.39, 0.29) is 11.2 Å². The molecule has 0 aromatic heterocycles. The molecule has 1 aliphatic carbocycles. The van der Waals surface area contributed by atoms with Crippen molar-refractivity contribution in [3.05, 3.63) is 72.3 Å². The third-order valence-electron chi connectivity index (χ3n) is 3.70. The summed E-state index contributed by atoms with van der Waals surface area (Å²) in [5, 5.41) is 0. The van der Waals surface area contributed by atoms with Crippen LogP contribution in [0.25, 0.3) is 11.1 Å². The molecular weight excluding hydrogens is 268 g/mol. The van der Waals surface area contributed by atoms with Gasteiger partial charge in [0.1, 0.15) is 0 Å². The number of rotatable bonds is 1. The van der Waals surface area contributed by atoms with Gasteiger partial charge >= 0.3 is 0 Å². The van der Waals surface area contributed by atoms with Crippen molar-refractivity contribution in [2.24, 2.45) is 5.41 Å². The van der Waals surface area contributed by atoms with E-state index < -0.39 is 0 Å². The van der Waals surface area contributed by atoms with Gasteiger partial charge in [-0.15, -0.1) is 0 Å². The van der Waals surface area contributed by atoms with Crippen molar-refractivity contribution in [1.29, 1.82) is 0 Å². The predicted molar refractivity (Wildman–Crippen MR) is 93.7 cm³/mol. The maximum Gasteiger partial charge on any atom is 0.156 e. The zero-order valence-corrected chi connectivity index (χ0v) is 13.7. The molecule has 0 radical (unpaired) electrons. The molecule has 0 fully saturated rings. The summed E-state index contributed by atoms with van der Waals surface area (Å²) in [6.45, 7) is 6.31. The first-order valence-electron chi connectivity index (χ1n) is 7.77. The highest BCUT2D eigenvalue weighted by Gasteiger charge is 2.25. The molecular formula is C21H24O. The van der Waals surface area contributed by atoms with Gasteiger partial charge in [-0.1, -0.05) is 80.1 Å². The van der Waals surface area contributed by atoms with Crippen molar-refractivity contribution in [1.82, 2.24) is 0 Å². The fourth-order valence-electron chi connectivity index (χ4n) is 2.93. The number of hydrogen-bond donors (Lipinski definition) is 0. The first-order chi connectivity index (χ1) is 10.5. The quantitative estimate of drug-likeness (QED) is 0.661. The van der Waals surface area contributed by atoms with Gasteiger partial charge < -0.3 is 0 Å². The number of ketones is 1. The SMILES string of the molecule is CC1=CC(=O)CC(C)(C)C1.c1ccc(-c2ccccc2)cc1. The van der Waals surface area contributed by atoms with E-state index in [4.69, 9.17) is 0 Å². The summed E-state index contributed by atoms with van der Waals surface area (Å²) in [7, 11) is 0. The van der Waals surface area contributed by atoms with E-state index in [1.807, 2.05) is 19.1 Å². The van der Waals surface area contributed by atoms with Crippen LogP contribution in [-0.2, 0) is 4.79 Å². The number of carbonyl (C=O) groups is 1. The summed E-state index contributed by atoms with van der Waals surface area (Å²) in [6, 6.07) is 20.8. The smallest absolute Gasteiger partial charge is 0.156 e. The molecule has 0 amide bonds. The van der Waals surface area contributed by atoms with Crippen LogP contribution in [0.2, 0.25) is 0 Å². The zero-order valence-electron chi connectivity index (χ0n) is 13.7. The molecule has 0 heterocycles. The van der Waals surface area contributed by atoms with Gasteiger partial charge in [0.15, 0.2) is 5.78 Å². The molecule has 0 N–H and O–H groups in total. The minimum Gasteiger partial charge on any atom is -0.295 e. The van der Waals surface area contributed by atoms with E-state index in [1.165, 1.54) is 16.7 Å². The van der Waals surface area contributed by atoms with Gasteiger partial charge in [0.05, 0.1) is 0 Å². The van der Waals surface area contributed by atoms with Crippen LogP contribution in [0.4, 0.5) is 0 Å². The molecule has 1 heteroatoms. The molecule has 0 saturated carbocycles. The fourth-order valence-corrected chi connectivity index (χ4v) is 2.93. The summed E-state index contributed by atoms with van der Waals surface area (Å²) in [4.78, 5) is 11.0. The number of carbonyl (C=O) groups excluding carboxylic acids is 1. The highest BCUT2D eigenvalue weighted by molar-refractivity contribution is 5.91. The molecule has 0 bridgehead atoms. The van der Waals surface area contributed by atoms with Crippen LogP contribution in [0.1, 0.15) is 33.6 Å². The summed E-state index contributed by atoms with van der Waals surface area (Å²) in [5.41, 5.74) is 3.98. The maximum atomic E-state index is 11.0. The van der Waals surface area contributed by atoms with Crippen LogP contribution in [0, 0.1) is 5.41 Å². The molecule has 0 saturated heterocycles. The summed E-state index contributed by atoms with van der Waals surface area (Å²) in [5.74, 6) is 0.286. The van der Waals surface area contributed by atoms with Gasteiger partial charge in [0.2, 0.25) is 0 Å². The predicted octanol–water partition coefficient (Wildman–Crippen LogP) is 5.68. The standard InChI is InChI=1S/C12H10.C9H14O/c1-3-7-11(8-4-1)12-9-5-2-6-10-12;1-7-4-8(10)6-9(2,3)5-7/h1-10H;4H,5-6H2,1-3H3. The van der Waals surface area contributed by atoms with Gasteiger partial charge in [-0.05, 0) is 36.0 Å². The summed E-state index contributed by atoms with van der Waals surface area (Å²) >= 11 is 0. The lowest BCUT2D eigenvalue weighted by molar-refractivity contribution is -0.117. The second kappa shape index (κ2) is 7.22. The van der Waals surface area contributed by atoms with Crippen molar-refractivity contribution in [3.8, 4) is 11.1 Å². The lowest BCUT2D eigenvalue weighted by Crippen LogP contribution is -2.20. The van der Waals surface area contributed by atoms with Gasteiger partial charge in [-0.25, -0.2) is 0 Å². The Hall–Kier alpha value is -2.15. The number of hydrogen-bond acceptors (Lipinski definition) is 1. The largest absolute Gasteiger partial charge is 0.295 e. The van der Waals surface area contributed by atoms with E-state index in [1.54, 1.807) is 6.08 Å². The Bertz CT molecular complexity index is 599. The fraction of sp³-hybridized carbons (Fsp3) is 0.286. The lowest BCUT2D eigenvalue weighted by Gasteiger charge is -2.27. The molecule has 1 aliphatic rings. The third-order valence-corrected chi connectivity index (χ3v) is 3.70. The molecule has 22 heavy (non-hydrogen) atoms. The summed E-state index contributed by atoms with van der Waals surface area (Å²) < 4.78 is 0. The molecule has 0 aliphatic heterocycles. The topological polar surface area (TPSA) is 17.1 Å². The minimum atomic E-state index is 0.204. The zero-order chi connectivity index (χ0) is 16.0. The second-order valence-electron chi connectivity index (χ2n) is 6.71. The average Bonchev–Trinajstić information content (AvgIpc) is 2.47. The number of allylic oxidation sites excluding steroid dienone is 2. The Morgan fingerprint density at radius 1 is 0.773 bits per heavy atom. The first kappa shape index (κ1) is 16.2. The Labute approximate surface area is 133 Å². The summed E-state index contributed by atoms with van der Waals surface area (Å²) in [6.07, 6.45) is 3.55. The molecule has 0 unspecified atom stereocenters. The van der Waals surface area contributed by atoms with Crippen LogP contribution >= 0.6 is 0 Å². The molecule has 3 rings (SSSR count). The molecule has 114 valence electrons. The first-order valence-corrected chi connectivity index (χ1v) is 7.77. The minimum absolute atomic E-state index is 0.204. The van der Waals surface area contributed by atoms with Crippen molar-refractivity contribution < 1.29 is 4.79 Å². The molecule has 0 atom stereocenters. The Morgan fingerprint density at radius 2 is 1.23 bits per heavy atom. The van der Waals surface area contributed by atoms with E-state index in [2.05, 4.69) is 62.4 Å². The van der Waals surface area contributed by atoms with E-state index >= 15 is 0 Å². The average molecular weight is 292 g/mol. The van der Waals surface area contributed by atoms with Gasteiger partial charge in [0.25, 0.3) is 0 Å². The maximum absolute atomic E-state index is 11.0. The molecule has 2 aromatic rings. The van der Waals surface area contributed by atoms with Crippen molar-refractivity contribution in [2.45, 2.75) is 33.6 Å².